The van der Waals surface area contributed by atoms with E-state index in [-0.39, 0.29) is 5.91 Å². The predicted molar refractivity (Wildman–Crippen MR) is 57.8 cm³/mol. The van der Waals surface area contributed by atoms with Crippen molar-refractivity contribution in [3.05, 3.63) is 30.6 Å². The lowest BCUT2D eigenvalue weighted by molar-refractivity contribution is -0.122. The van der Waals surface area contributed by atoms with Crippen molar-refractivity contribution in [1.29, 1.82) is 0 Å². The van der Waals surface area contributed by atoms with Crippen LogP contribution in [0.4, 0.5) is 0 Å². The molecule has 1 aromatic rings. The maximum absolute atomic E-state index is 11.4. The second-order valence-electron chi connectivity index (χ2n) is 3.29. The van der Waals surface area contributed by atoms with Gasteiger partial charge in [-0.3, -0.25) is 9.48 Å². The van der Waals surface area contributed by atoms with Crippen LogP contribution < -0.4 is 11.1 Å². The number of nitrogens with one attached hydrogen (secondary N) is 1. The average Bonchev–Trinajstić information content (AvgIpc) is 2.61. The number of aromatic nitrogens is 2. The van der Waals surface area contributed by atoms with E-state index in [2.05, 4.69) is 17.0 Å². The van der Waals surface area contributed by atoms with Crippen LogP contribution in [0.2, 0.25) is 0 Å². The van der Waals surface area contributed by atoms with Gasteiger partial charge in [-0.05, 0) is 12.5 Å². The largest absolute Gasteiger partial charge is 0.349 e. The van der Waals surface area contributed by atoms with Crippen molar-refractivity contribution in [2.45, 2.75) is 19.0 Å². The van der Waals surface area contributed by atoms with Crippen LogP contribution >= 0.6 is 0 Å². The van der Waals surface area contributed by atoms with E-state index in [0.29, 0.717) is 13.0 Å². The van der Waals surface area contributed by atoms with Gasteiger partial charge in [0, 0.05) is 13.2 Å². The molecule has 3 N–H and O–H groups in total. The highest BCUT2D eigenvalue weighted by atomic mass is 16.2. The van der Waals surface area contributed by atoms with E-state index in [1.807, 2.05) is 13.1 Å². The van der Waals surface area contributed by atoms with Crippen LogP contribution in [-0.2, 0) is 18.4 Å². The Morgan fingerprint density at radius 2 is 2.60 bits per heavy atom. The highest BCUT2D eigenvalue weighted by molar-refractivity contribution is 5.81. The first kappa shape index (κ1) is 11.5. The number of nitrogens with zero attached hydrogens (tertiary/aromatic N) is 2. The number of hydrogen-bond acceptors (Lipinski definition) is 3. The Bertz CT molecular complexity index is 345. The summed E-state index contributed by atoms with van der Waals surface area (Å²) in [7, 11) is 1.82. The van der Waals surface area contributed by atoms with E-state index in [9.17, 15) is 4.79 Å². The molecule has 0 aliphatic heterocycles. The lowest BCUT2D eigenvalue weighted by atomic mass is 10.2. The van der Waals surface area contributed by atoms with Crippen LogP contribution in [0.5, 0.6) is 0 Å². The molecule has 0 radical (unpaired) electrons. The first-order valence-electron chi connectivity index (χ1n) is 4.76. The molecule has 82 valence electrons. The molecule has 15 heavy (non-hydrogen) atoms. The van der Waals surface area contributed by atoms with Crippen LogP contribution in [0, 0.1) is 0 Å². The number of hydrogen-bond donors (Lipinski definition) is 2. The Balaban J connectivity index is 2.40. The number of rotatable bonds is 5. The van der Waals surface area contributed by atoms with Crippen molar-refractivity contribution in [3.63, 3.8) is 0 Å². The number of nitrogens with two attached hydrogens (primary N) is 1. The van der Waals surface area contributed by atoms with Crippen molar-refractivity contribution in [2.24, 2.45) is 12.8 Å². The summed E-state index contributed by atoms with van der Waals surface area (Å²) in [5.41, 5.74) is 6.54. The summed E-state index contributed by atoms with van der Waals surface area (Å²) in [4.78, 5) is 11.4. The third kappa shape index (κ3) is 3.21. The number of carbonyl (C=O) groups excluding carboxylic acids is 1. The molecule has 0 aromatic carbocycles. The summed E-state index contributed by atoms with van der Waals surface area (Å²) in [5, 5.41) is 6.73. The standard InChI is InChI=1S/C10H16N4O/c1-3-4-9(11)10(15)12-7-8-5-6-13-14(8)2/h3,5-6,9H,1,4,7,11H2,2H3,(H,12,15). The van der Waals surface area contributed by atoms with Gasteiger partial charge in [-0.2, -0.15) is 5.10 Å². The number of aryl methyl sites for hydroxylation is 1. The highest BCUT2D eigenvalue weighted by Gasteiger charge is 2.11. The molecule has 0 spiro atoms. The maximum atomic E-state index is 11.4. The second kappa shape index (κ2) is 5.31. The highest BCUT2D eigenvalue weighted by Crippen LogP contribution is 1.96. The first-order valence-corrected chi connectivity index (χ1v) is 4.76. The fourth-order valence-electron chi connectivity index (χ4n) is 1.17. The van der Waals surface area contributed by atoms with E-state index in [0.717, 1.165) is 5.69 Å². The van der Waals surface area contributed by atoms with Gasteiger partial charge in [0.15, 0.2) is 0 Å². The minimum Gasteiger partial charge on any atom is -0.349 e. The minimum atomic E-state index is -0.518. The van der Waals surface area contributed by atoms with Gasteiger partial charge in [-0.15, -0.1) is 6.58 Å². The van der Waals surface area contributed by atoms with Gasteiger partial charge < -0.3 is 11.1 Å². The van der Waals surface area contributed by atoms with Crippen LogP contribution in [-0.4, -0.2) is 21.7 Å². The predicted octanol–water partition coefficient (Wildman–Crippen LogP) is -0.0603. The van der Waals surface area contributed by atoms with Gasteiger partial charge in [0.1, 0.15) is 0 Å². The molecule has 1 amide bonds. The van der Waals surface area contributed by atoms with Gasteiger partial charge >= 0.3 is 0 Å². The molecule has 0 aliphatic rings. The van der Waals surface area contributed by atoms with Gasteiger partial charge in [0.05, 0.1) is 18.3 Å². The summed E-state index contributed by atoms with van der Waals surface area (Å²) in [6, 6.07) is 1.33. The van der Waals surface area contributed by atoms with Gasteiger partial charge in [-0.25, -0.2) is 0 Å². The van der Waals surface area contributed by atoms with E-state index in [1.54, 1.807) is 17.0 Å². The zero-order valence-corrected chi connectivity index (χ0v) is 8.81. The summed E-state index contributed by atoms with van der Waals surface area (Å²) in [6.45, 7) is 3.98. The lowest BCUT2D eigenvalue weighted by Gasteiger charge is -2.10. The van der Waals surface area contributed by atoms with Crippen LogP contribution in [0.3, 0.4) is 0 Å². The molecule has 0 bridgehead atoms. The molecule has 0 saturated carbocycles. The third-order valence-electron chi connectivity index (χ3n) is 2.12. The Kier molecular flexibility index (Phi) is 4.05. The molecule has 5 nitrogen and oxygen atoms in total. The van der Waals surface area contributed by atoms with E-state index < -0.39 is 6.04 Å². The molecule has 1 unspecified atom stereocenters. The Labute approximate surface area is 89.0 Å². The Morgan fingerprint density at radius 3 is 3.13 bits per heavy atom. The van der Waals surface area contributed by atoms with Gasteiger partial charge in [0.2, 0.25) is 5.91 Å². The quantitative estimate of drug-likeness (QED) is 0.666. The van der Waals surface area contributed by atoms with Gasteiger partial charge in [-0.1, -0.05) is 6.08 Å². The minimum absolute atomic E-state index is 0.170. The van der Waals surface area contributed by atoms with Gasteiger partial charge in [0.25, 0.3) is 0 Å². The van der Waals surface area contributed by atoms with Crippen molar-refractivity contribution in [2.75, 3.05) is 0 Å². The van der Waals surface area contributed by atoms with Crippen molar-refractivity contribution in [1.82, 2.24) is 15.1 Å². The van der Waals surface area contributed by atoms with Crippen molar-refractivity contribution < 1.29 is 4.79 Å². The normalized spacial score (nSPS) is 12.1. The molecular formula is C10H16N4O. The SMILES string of the molecule is C=CCC(N)C(=O)NCc1ccnn1C. The number of carbonyl (C=O) groups is 1. The summed E-state index contributed by atoms with van der Waals surface area (Å²) >= 11 is 0. The maximum Gasteiger partial charge on any atom is 0.237 e. The Hall–Kier alpha value is -1.62. The smallest absolute Gasteiger partial charge is 0.237 e. The zero-order chi connectivity index (χ0) is 11.3. The molecule has 5 heteroatoms. The summed E-state index contributed by atoms with van der Waals surface area (Å²) in [5.74, 6) is -0.170. The molecule has 1 aromatic heterocycles. The monoisotopic (exact) mass is 208 g/mol. The fraction of sp³-hybridized carbons (Fsp3) is 0.400. The second-order valence-corrected chi connectivity index (χ2v) is 3.29. The third-order valence-corrected chi connectivity index (χ3v) is 2.12. The summed E-state index contributed by atoms with van der Waals surface area (Å²) in [6.07, 6.45) is 3.80. The topological polar surface area (TPSA) is 72.9 Å². The van der Waals surface area contributed by atoms with Crippen LogP contribution in [0.25, 0.3) is 0 Å². The number of amides is 1. The first-order chi connectivity index (χ1) is 7.15. The van der Waals surface area contributed by atoms with Crippen molar-refractivity contribution in [3.8, 4) is 0 Å². The van der Waals surface area contributed by atoms with Crippen LogP contribution in [0.15, 0.2) is 24.9 Å². The molecule has 0 saturated heterocycles. The molecule has 1 rings (SSSR count). The average molecular weight is 208 g/mol. The summed E-state index contributed by atoms with van der Waals surface area (Å²) < 4.78 is 1.71. The van der Waals surface area contributed by atoms with E-state index in [1.165, 1.54) is 0 Å². The van der Waals surface area contributed by atoms with Crippen LogP contribution in [0.1, 0.15) is 12.1 Å². The molecule has 0 aliphatic carbocycles. The van der Waals surface area contributed by atoms with E-state index in [4.69, 9.17) is 5.73 Å². The lowest BCUT2D eigenvalue weighted by Crippen LogP contribution is -2.40. The molecule has 0 fully saturated rings. The fourth-order valence-corrected chi connectivity index (χ4v) is 1.17. The molecule has 1 heterocycles. The Morgan fingerprint density at radius 1 is 1.87 bits per heavy atom. The van der Waals surface area contributed by atoms with Crippen molar-refractivity contribution >= 4 is 5.91 Å². The van der Waals surface area contributed by atoms with E-state index >= 15 is 0 Å². The molecular weight excluding hydrogens is 192 g/mol. The molecule has 1 atom stereocenters. The zero-order valence-electron chi connectivity index (χ0n) is 8.81.